The third kappa shape index (κ3) is 4.61. The number of carboxylic acid groups (broad SMARTS) is 1. The lowest BCUT2D eigenvalue weighted by Crippen LogP contribution is -2.40. The van der Waals surface area contributed by atoms with Gasteiger partial charge in [0.1, 0.15) is 6.54 Å². The number of anilines is 1. The van der Waals surface area contributed by atoms with Crippen LogP contribution >= 0.6 is 27.5 Å². The standard InChI is InChI=1S/C14H16BrClN2O3/c1-8-4-10(15)12(5-11(8)16)17-14(21)18(7-13(19)20)6-9-2-3-9/h4-5,9H,2-3,6-7H2,1H3,(H,17,21)(H,19,20). The summed E-state index contributed by atoms with van der Waals surface area (Å²) in [5, 5.41) is 12.2. The summed E-state index contributed by atoms with van der Waals surface area (Å²) in [5.41, 5.74) is 1.42. The zero-order chi connectivity index (χ0) is 15.6. The largest absolute Gasteiger partial charge is 0.480 e. The summed E-state index contributed by atoms with van der Waals surface area (Å²) in [6.45, 7) is 2.03. The number of hydrogen-bond acceptors (Lipinski definition) is 2. The van der Waals surface area contributed by atoms with Crippen LogP contribution in [0.3, 0.4) is 0 Å². The minimum atomic E-state index is -1.02. The van der Waals surface area contributed by atoms with E-state index in [1.165, 1.54) is 4.90 Å². The number of carbonyl (C=O) groups is 2. The Labute approximate surface area is 136 Å². The van der Waals surface area contributed by atoms with Crippen molar-refractivity contribution in [3.8, 4) is 0 Å². The number of hydrogen-bond donors (Lipinski definition) is 2. The number of amides is 2. The highest BCUT2D eigenvalue weighted by atomic mass is 79.9. The fourth-order valence-corrected chi connectivity index (χ4v) is 2.65. The van der Waals surface area contributed by atoms with E-state index in [-0.39, 0.29) is 6.54 Å². The van der Waals surface area contributed by atoms with E-state index in [0.717, 1.165) is 18.4 Å². The van der Waals surface area contributed by atoms with Crippen LogP contribution < -0.4 is 5.32 Å². The molecule has 1 saturated carbocycles. The van der Waals surface area contributed by atoms with E-state index in [9.17, 15) is 9.59 Å². The first-order valence-electron chi connectivity index (χ1n) is 6.60. The zero-order valence-corrected chi connectivity index (χ0v) is 13.9. The van der Waals surface area contributed by atoms with Crippen LogP contribution in [0.1, 0.15) is 18.4 Å². The Morgan fingerprint density at radius 2 is 2.14 bits per heavy atom. The van der Waals surface area contributed by atoms with Crippen LogP contribution in [0.2, 0.25) is 5.02 Å². The van der Waals surface area contributed by atoms with Crippen LogP contribution in [0.25, 0.3) is 0 Å². The Balaban J connectivity index is 2.10. The molecule has 0 unspecified atom stereocenters. The molecule has 0 bridgehead atoms. The Morgan fingerprint density at radius 3 is 2.71 bits per heavy atom. The Kier molecular flexibility index (Phi) is 5.11. The van der Waals surface area contributed by atoms with E-state index in [2.05, 4.69) is 21.2 Å². The van der Waals surface area contributed by atoms with E-state index in [1.807, 2.05) is 6.92 Å². The van der Waals surface area contributed by atoms with Gasteiger partial charge in [-0.05, 0) is 59.3 Å². The van der Waals surface area contributed by atoms with E-state index in [0.29, 0.717) is 27.6 Å². The van der Waals surface area contributed by atoms with Gasteiger partial charge >= 0.3 is 12.0 Å². The molecular formula is C14H16BrClN2O3. The summed E-state index contributed by atoms with van der Waals surface area (Å²) in [7, 11) is 0. The normalized spacial score (nSPS) is 13.9. The minimum Gasteiger partial charge on any atom is -0.480 e. The topological polar surface area (TPSA) is 69.6 Å². The monoisotopic (exact) mass is 374 g/mol. The van der Waals surface area contributed by atoms with Crippen molar-refractivity contribution in [3.63, 3.8) is 0 Å². The van der Waals surface area contributed by atoms with Crippen LogP contribution in [-0.4, -0.2) is 35.1 Å². The molecule has 1 aromatic carbocycles. The summed E-state index contributed by atoms with van der Waals surface area (Å²) < 4.78 is 0.708. The Morgan fingerprint density at radius 1 is 1.48 bits per heavy atom. The van der Waals surface area contributed by atoms with Crippen LogP contribution in [0.4, 0.5) is 10.5 Å². The number of aliphatic carboxylic acids is 1. The minimum absolute atomic E-state index is 0.306. The van der Waals surface area contributed by atoms with Gasteiger partial charge in [-0.25, -0.2) is 4.79 Å². The summed E-state index contributed by atoms with van der Waals surface area (Å²) >= 11 is 9.41. The number of benzene rings is 1. The molecule has 0 aromatic heterocycles. The van der Waals surface area contributed by atoms with Crippen LogP contribution in [0, 0.1) is 12.8 Å². The molecule has 2 rings (SSSR count). The number of halogens is 2. The lowest BCUT2D eigenvalue weighted by Gasteiger charge is -2.21. The van der Waals surface area contributed by atoms with Gasteiger partial charge in [0.2, 0.25) is 0 Å². The first kappa shape index (κ1) is 16.1. The second-order valence-corrected chi connectivity index (χ2v) is 6.49. The number of carbonyl (C=O) groups excluding carboxylic acids is 1. The quantitative estimate of drug-likeness (QED) is 0.823. The second kappa shape index (κ2) is 6.66. The third-order valence-electron chi connectivity index (χ3n) is 3.28. The fraction of sp³-hybridized carbons (Fsp3) is 0.429. The van der Waals surface area contributed by atoms with Crippen LogP contribution in [0.5, 0.6) is 0 Å². The molecule has 5 nitrogen and oxygen atoms in total. The molecule has 7 heteroatoms. The van der Waals surface area contributed by atoms with Crippen molar-refractivity contribution in [2.24, 2.45) is 5.92 Å². The number of nitrogens with one attached hydrogen (secondary N) is 1. The van der Waals surface area contributed by atoms with E-state index in [4.69, 9.17) is 16.7 Å². The first-order valence-corrected chi connectivity index (χ1v) is 7.77. The van der Waals surface area contributed by atoms with Gasteiger partial charge < -0.3 is 15.3 Å². The van der Waals surface area contributed by atoms with Gasteiger partial charge in [0.25, 0.3) is 0 Å². The molecule has 2 amide bonds. The summed E-state index contributed by atoms with van der Waals surface area (Å²) in [5.74, 6) is -0.605. The Bertz CT molecular complexity index is 576. The van der Waals surface area contributed by atoms with Gasteiger partial charge in [0, 0.05) is 16.0 Å². The van der Waals surface area contributed by atoms with Crippen molar-refractivity contribution in [2.75, 3.05) is 18.4 Å². The molecule has 0 atom stereocenters. The van der Waals surface area contributed by atoms with E-state index >= 15 is 0 Å². The fourth-order valence-electron chi connectivity index (χ4n) is 1.93. The van der Waals surface area contributed by atoms with E-state index < -0.39 is 12.0 Å². The number of rotatable bonds is 5. The molecule has 0 aliphatic heterocycles. The zero-order valence-electron chi connectivity index (χ0n) is 11.5. The molecule has 1 aliphatic rings. The maximum absolute atomic E-state index is 12.2. The lowest BCUT2D eigenvalue weighted by molar-refractivity contribution is -0.137. The molecule has 21 heavy (non-hydrogen) atoms. The molecule has 0 radical (unpaired) electrons. The smallest absolute Gasteiger partial charge is 0.323 e. The van der Waals surface area contributed by atoms with Gasteiger partial charge in [-0.2, -0.15) is 0 Å². The number of aryl methyl sites for hydroxylation is 1. The van der Waals surface area contributed by atoms with Crippen molar-refractivity contribution in [1.29, 1.82) is 0 Å². The van der Waals surface area contributed by atoms with Gasteiger partial charge in [-0.15, -0.1) is 0 Å². The molecular weight excluding hydrogens is 360 g/mol. The van der Waals surface area contributed by atoms with Crippen molar-refractivity contribution in [2.45, 2.75) is 19.8 Å². The van der Waals surface area contributed by atoms with Crippen molar-refractivity contribution in [1.82, 2.24) is 4.90 Å². The highest BCUT2D eigenvalue weighted by Crippen LogP contribution is 2.31. The van der Waals surface area contributed by atoms with Gasteiger partial charge in [0.15, 0.2) is 0 Å². The molecule has 1 aliphatic carbocycles. The molecule has 2 N–H and O–H groups in total. The van der Waals surface area contributed by atoms with Gasteiger partial charge in [0.05, 0.1) is 5.69 Å². The molecule has 1 aromatic rings. The van der Waals surface area contributed by atoms with E-state index in [1.54, 1.807) is 12.1 Å². The van der Waals surface area contributed by atoms with Crippen molar-refractivity contribution >= 4 is 45.2 Å². The van der Waals surface area contributed by atoms with Gasteiger partial charge in [-0.1, -0.05) is 11.6 Å². The average molecular weight is 376 g/mol. The predicted molar refractivity (Wildman–Crippen MR) is 84.8 cm³/mol. The molecule has 0 heterocycles. The lowest BCUT2D eigenvalue weighted by atomic mass is 10.2. The SMILES string of the molecule is Cc1cc(Br)c(NC(=O)N(CC(=O)O)CC2CC2)cc1Cl. The van der Waals surface area contributed by atoms with Crippen molar-refractivity contribution in [3.05, 3.63) is 27.2 Å². The predicted octanol–water partition coefficient (Wildman–Crippen LogP) is 3.74. The molecule has 0 saturated heterocycles. The number of carboxylic acids is 1. The van der Waals surface area contributed by atoms with Crippen LogP contribution in [-0.2, 0) is 4.79 Å². The highest BCUT2D eigenvalue weighted by molar-refractivity contribution is 9.10. The number of urea groups is 1. The maximum Gasteiger partial charge on any atom is 0.323 e. The maximum atomic E-state index is 12.2. The van der Waals surface area contributed by atoms with Crippen LogP contribution in [0.15, 0.2) is 16.6 Å². The first-order chi connectivity index (χ1) is 9.86. The van der Waals surface area contributed by atoms with Crippen molar-refractivity contribution < 1.29 is 14.7 Å². The second-order valence-electron chi connectivity index (χ2n) is 5.23. The average Bonchev–Trinajstić information content (AvgIpc) is 3.18. The summed E-state index contributed by atoms with van der Waals surface area (Å²) in [6.07, 6.45) is 2.09. The molecule has 114 valence electrons. The van der Waals surface area contributed by atoms with Gasteiger partial charge in [-0.3, -0.25) is 4.79 Å². The summed E-state index contributed by atoms with van der Waals surface area (Å²) in [4.78, 5) is 24.4. The molecule has 0 spiro atoms. The Hall–Kier alpha value is -1.27. The number of nitrogens with zero attached hydrogens (tertiary/aromatic N) is 1. The molecule has 1 fully saturated rings. The highest BCUT2D eigenvalue weighted by Gasteiger charge is 2.28. The summed E-state index contributed by atoms with van der Waals surface area (Å²) in [6, 6.07) is 3.03. The third-order valence-corrected chi connectivity index (χ3v) is 4.34.